The van der Waals surface area contributed by atoms with Gasteiger partial charge in [0.15, 0.2) is 0 Å². The molecule has 6 aliphatic rings. The van der Waals surface area contributed by atoms with Crippen LogP contribution in [0.15, 0.2) is 0 Å². The minimum atomic E-state index is 0.0924. The molecule has 0 spiro atoms. The van der Waals surface area contributed by atoms with Crippen molar-refractivity contribution < 1.29 is 5.11 Å². The highest BCUT2D eigenvalue weighted by Gasteiger charge is 2.87. The molecular formula is C12H15IO. The second-order valence-electron chi connectivity index (χ2n) is 6.61. The van der Waals surface area contributed by atoms with Crippen molar-refractivity contribution in [2.24, 2.45) is 46.8 Å². The van der Waals surface area contributed by atoms with Crippen molar-refractivity contribution in [3.63, 3.8) is 0 Å². The van der Waals surface area contributed by atoms with Crippen LogP contribution in [0.4, 0.5) is 0 Å². The van der Waals surface area contributed by atoms with Crippen molar-refractivity contribution in [2.45, 2.75) is 23.4 Å². The fourth-order valence-corrected chi connectivity index (χ4v) is 8.91. The summed E-state index contributed by atoms with van der Waals surface area (Å²) >= 11 is 2.72. The van der Waals surface area contributed by atoms with Crippen LogP contribution in [0.1, 0.15) is 13.3 Å². The van der Waals surface area contributed by atoms with Gasteiger partial charge in [0.25, 0.3) is 0 Å². The molecule has 6 saturated carbocycles. The first-order valence-electron chi connectivity index (χ1n) is 5.99. The van der Waals surface area contributed by atoms with E-state index in [0.717, 1.165) is 39.4 Å². The van der Waals surface area contributed by atoms with Crippen molar-refractivity contribution >= 4 is 22.6 Å². The molecule has 0 aromatic heterocycles. The largest absolute Gasteiger partial charge is 0.392 e. The van der Waals surface area contributed by atoms with Gasteiger partial charge in [0, 0.05) is 3.92 Å². The van der Waals surface area contributed by atoms with Crippen molar-refractivity contribution in [1.29, 1.82) is 0 Å². The monoisotopic (exact) mass is 302 g/mol. The average Bonchev–Trinajstić information content (AvgIpc) is 2.81. The second-order valence-corrected chi connectivity index (χ2v) is 7.95. The number of aliphatic hydroxyl groups excluding tert-OH is 1. The van der Waals surface area contributed by atoms with Crippen LogP contribution in [0, 0.1) is 46.8 Å². The Balaban J connectivity index is 1.88. The second kappa shape index (κ2) is 1.83. The van der Waals surface area contributed by atoms with Gasteiger partial charge in [0.1, 0.15) is 0 Å². The van der Waals surface area contributed by atoms with E-state index in [2.05, 4.69) is 29.5 Å². The predicted octanol–water partition coefficient (Wildman–Crippen LogP) is 1.93. The van der Waals surface area contributed by atoms with Gasteiger partial charge in [-0.3, -0.25) is 0 Å². The zero-order valence-electron chi connectivity index (χ0n) is 8.23. The molecule has 2 heteroatoms. The quantitative estimate of drug-likeness (QED) is 0.535. The summed E-state index contributed by atoms with van der Waals surface area (Å²) in [7, 11) is 0. The molecule has 0 aromatic carbocycles. The third-order valence-corrected chi connectivity index (χ3v) is 9.07. The van der Waals surface area contributed by atoms with Crippen LogP contribution in [0.25, 0.3) is 0 Å². The lowest BCUT2D eigenvalue weighted by Gasteiger charge is -2.39. The maximum Gasteiger partial charge on any atom is 0.0610 e. The van der Waals surface area contributed by atoms with E-state index in [9.17, 15) is 5.11 Å². The molecule has 10 unspecified atom stereocenters. The van der Waals surface area contributed by atoms with Crippen LogP contribution in [0.2, 0.25) is 0 Å². The lowest BCUT2D eigenvalue weighted by molar-refractivity contribution is 0.0642. The molecular weight excluding hydrogens is 287 g/mol. The van der Waals surface area contributed by atoms with Gasteiger partial charge in [-0.05, 0) is 53.3 Å². The highest BCUT2D eigenvalue weighted by Crippen LogP contribution is 2.87. The van der Waals surface area contributed by atoms with Gasteiger partial charge >= 0.3 is 0 Å². The highest BCUT2D eigenvalue weighted by molar-refractivity contribution is 14.1. The lowest BCUT2D eigenvalue weighted by atomic mass is 9.64. The molecule has 0 aliphatic heterocycles. The number of rotatable bonds is 0. The summed E-state index contributed by atoms with van der Waals surface area (Å²) in [5.74, 6) is 6.28. The standard InChI is InChI=1S/C12H15IO/c1-12-8-4-2-3-5(6(4)11(12)13)9(12)10(14)7(3)8/h3-11,14H,2H2,1H3. The Kier molecular flexibility index (Phi) is 1.03. The topological polar surface area (TPSA) is 20.2 Å². The van der Waals surface area contributed by atoms with Gasteiger partial charge in [-0.1, -0.05) is 29.5 Å². The Morgan fingerprint density at radius 3 is 2.64 bits per heavy atom. The third kappa shape index (κ3) is 0.441. The minimum Gasteiger partial charge on any atom is -0.392 e. The fraction of sp³-hybridized carbons (Fsp3) is 1.00. The van der Waals surface area contributed by atoms with Crippen molar-refractivity contribution in [3.8, 4) is 0 Å². The average molecular weight is 302 g/mol. The molecule has 0 radical (unpaired) electrons. The molecule has 10 atom stereocenters. The van der Waals surface area contributed by atoms with Gasteiger partial charge in [-0.25, -0.2) is 0 Å². The van der Waals surface area contributed by atoms with E-state index in [1.807, 2.05) is 0 Å². The van der Waals surface area contributed by atoms with E-state index in [-0.39, 0.29) is 6.10 Å². The van der Waals surface area contributed by atoms with Crippen LogP contribution in [-0.4, -0.2) is 15.1 Å². The predicted molar refractivity (Wildman–Crippen MR) is 61.0 cm³/mol. The first-order chi connectivity index (χ1) is 6.67. The molecule has 76 valence electrons. The molecule has 6 aliphatic carbocycles. The first kappa shape index (κ1) is 7.88. The normalized spacial score (nSPS) is 85.5. The summed E-state index contributed by atoms with van der Waals surface area (Å²) in [4.78, 5) is 0. The van der Waals surface area contributed by atoms with Gasteiger partial charge in [-0.2, -0.15) is 0 Å². The zero-order chi connectivity index (χ0) is 9.40. The molecule has 1 N–H and O–H groups in total. The number of alkyl halides is 1. The van der Waals surface area contributed by atoms with E-state index < -0.39 is 0 Å². The Bertz CT molecular complexity index is 350. The highest BCUT2D eigenvalue weighted by atomic mass is 127. The maximum atomic E-state index is 10.4. The number of aliphatic hydroxyl groups is 1. The molecule has 0 amide bonds. The Labute approximate surface area is 97.8 Å². The molecule has 6 rings (SSSR count). The minimum absolute atomic E-state index is 0.0924. The van der Waals surface area contributed by atoms with Gasteiger partial charge in [-0.15, -0.1) is 0 Å². The van der Waals surface area contributed by atoms with E-state index in [1.54, 1.807) is 0 Å². The number of halogens is 1. The van der Waals surface area contributed by atoms with Gasteiger partial charge in [0.2, 0.25) is 0 Å². The summed E-state index contributed by atoms with van der Waals surface area (Å²) < 4.78 is 0.886. The summed E-state index contributed by atoms with van der Waals surface area (Å²) in [6, 6.07) is 0. The molecule has 0 aromatic rings. The van der Waals surface area contributed by atoms with Crippen LogP contribution >= 0.6 is 22.6 Å². The summed E-state index contributed by atoms with van der Waals surface area (Å²) in [5.41, 5.74) is 0.539. The summed E-state index contributed by atoms with van der Waals surface area (Å²) in [5, 5.41) is 10.4. The zero-order valence-corrected chi connectivity index (χ0v) is 10.4. The van der Waals surface area contributed by atoms with Crippen molar-refractivity contribution in [2.75, 3.05) is 0 Å². The summed E-state index contributed by atoms with van der Waals surface area (Å²) in [6.45, 7) is 2.50. The summed E-state index contributed by atoms with van der Waals surface area (Å²) in [6.07, 6.45) is 1.57. The SMILES string of the molecule is CC12C(I)C3C4CC5C3C1C(O)C5C42. The van der Waals surface area contributed by atoms with E-state index in [1.165, 1.54) is 6.42 Å². The van der Waals surface area contributed by atoms with E-state index in [0.29, 0.717) is 11.3 Å². The van der Waals surface area contributed by atoms with Crippen molar-refractivity contribution in [3.05, 3.63) is 0 Å². The van der Waals surface area contributed by atoms with E-state index in [4.69, 9.17) is 0 Å². The third-order valence-electron chi connectivity index (χ3n) is 6.89. The van der Waals surface area contributed by atoms with Crippen molar-refractivity contribution in [1.82, 2.24) is 0 Å². The molecule has 14 heavy (non-hydrogen) atoms. The molecule has 0 saturated heterocycles. The molecule has 0 heterocycles. The maximum absolute atomic E-state index is 10.4. The first-order valence-corrected chi connectivity index (χ1v) is 7.24. The number of hydrogen-bond donors (Lipinski definition) is 1. The Morgan fingerprint density at radius 1 is 1.14 bits per heavy atom. The molecule has 1 nitrogen and oxygen atoms in total. The van der Waals surface area contributed by atoms with Crippen LogP contribution in [-0.2, 0) is 0 Å². The Hall–Kier alpha value is 0.690. The van der Waals surface area contributed by atoms with Gasteiger partial charge in [0.05, 0.1) is 6.10 Å². The lowest BCUT2D eigenvalue weighted by Crippen LogP contribution is -2.37. The molecule has 6 fully saturated rings. The van der Waals surface area contributed by atoms with Crippen LogP contribution in [0.3, 0.4) is 0 Å². The van der Waals surface area contributed by atoms with E-state index >= 15 is 0 Å². The fourth-order valence-electron chi connectivity index (χ4n) is 7.06. The molecule has 6 bridgehead atoms. The van der Waals surface area contributed by atoms with Crippen LogP contribution in [0.5, 0.6) is 0 Å². The Morgan fingerprint density at radius 2 is 1.93 bits per heavy atom. The van der Waals surface area contributed by atoms with Crippen LogP contribution < -0.4 is 0 Å². The number of hydrogen-bond acceptors (Lipinski definition) is 1. The smallest absolute Gasteiger partial charge is 0.0610 e. The van der Waals surface area contributed by atoms with Gasteiger partial charge < -0.3 is 5.11 Å².